The summed E-state index contributed by atoms with van der Waals surface area (Å²) in [6.45, 7) is 14.0. The molecule has 0 aromatic heterocycles. The number of hydrogen-bond acceptors (Lipinski definition) is 17. The van der Waals surface area contributed by atoms with Gasteiger partial charge in [-0.15, -0.1) is 0 Å². The van der Waals surface area contributed by atoms with Gasteiger partial charge in [0.1, 0.15) is 36.7 Å². The molecular formula is C59H96INO17. The number of aliphatic hydroxyl groups is 3. The van der Waals surface area contributed by atoms with E-state index in [1.54, 1.807) is 27.0 Å². The predicted octanol–water partition coefficient (Wildman–Crippen LogP) is 6.70. The van der Waals surface area contributed by atoms with Gasteiger partial charge in [0.2, 0.25) is 5.78 Å². The van der Waals surface area contributed by atoms with Crippen molar-refractivity contribution in [3.63, 3.8) is 0 Å². The van der Waals surface area contributed by atoms with Crippen LogP contribution in [0.1, 0.15) is 119 Å². The normalized spacial score (nSPS) is 24.8. The monoisotopic (exact) mass is 1220 g/mol. The Hall–Kier alpha value is -2.80. The van der Waals surface area contributed by atoms with Crippen molar-refractivity contribution in [2.75, 3.05) is 93.9 Å². The maximum absolute atomic E-state index is 14.2. The van der Waals surface area contributed by atoms with Crippen molar-refractivity contribution in [3.8, 4) is 0 Å². The number of esters is 1. The van der Waals surface area contributed by atoms with E-state index in [0.717, 1.165) is 44.3 Å². The van der Waals surface area contributed by atoms with Crippen LogP contribution in [0.3, 0.4) is 0 Å². The number of likely N-dealkylation sites (tertiary alicyclic amines) is 1. The van der Waals surface area contributed by atoms with Crippen LogP contribution in [0.2, 0.25) is 0 Å². The van der Waals surface area contributed by atoms with E-state index in [1.165, 1.54) is 19.1 Å². The number of carbonyl (C=O) groups is 5. The van der Waals surface area contributed by atoms with Crippen molar-refractivity contribution >= 4 is 51.8 Å². The molecule has 0 spiro atoms. The Morgan fingerprint density at radius 3 is 2.19 bits per heavy atom. The van der Waals surface area contributed by atoms with Gasteiger partial charge in [0.15, 0.2) is 5.78 Å². The van der Waals surface area contributed by atoms with E-state index in [4.69, 9.17) is 52.8 Å². The molecule has 446 valence electrons. The average Bonchev–Trinajstić information content (AvgIpc) is 3.43. The maximum atomic E-state index is 14.2. The Balaban J connectivity index is 1.68. The van der Waals surface area contributed by atoms with Gasteiger partial charge in [-0.3, -0.25) is 19.2 Å². The fraction of sp³-hybridized carbons (Fsp3) is 0.780. The summed E-state index contributed by atoms with van der Waals surface area (Å²) in [5.74, 6) is -3.10. The van der Waals surface area contributed by atoms with Crippen LogP contribution in [-0.4, -0.2) is 196 Å². The van der Waals surface area contributed by atoms with Crippen LogP contribution < -0.4 is 0 Å². The molecule has 0 aromatic carbocycles. The zero-order chi connectivity index (χ0) is 57.6. The molecule has 2 aliphatic heterocycles. The van der Waals surface area contributed by atoms with E-state index >= 15 is 0 Å². The lowest BCUT2D eigenvalue weighted by atomic mass is 9.78. The van der Waals surface area contributed by atoms with E-state index in [1.807, 2.05) is 51.2 Å². The molecule has 0 bridgehead atoms. The van der Waals surface area contributed by atoms with E-state index in [0.29, 0.717) is 76.4 Å². The number of nitrogens with zero attached hydrogens (tertiary/aromatic N) is 1. The number of ether oxygens (including phenoxy) is 9. The lowest BCUT2D eigenvalue weighted by Crippen LogP contribution is -2.52. The van der Waals surface area contributed by atoms with Crippen LogP contribution in [0.4, 0.5) is 0 Å². The molecule has 14 atom stereocenters. The van der Waals surface area contributed by atoms with Crippen LogP contribution in [-0.2, 0) is 66.6 Å². The molecule has 1 unspecified atom stereocenters. The third-order valence-corrected chi connectivity index (χ3v) is 16.2. The van der Waals surface area contributed by atoms with E-state index in [9.17, 15) is 29.1 Å². The molecule has 18 nitrogen and oxygen atoms in total. The summed E-state index contributed by atoms with van der Waals surface area (Å²) in [7, 11) is 4.35. The fourth-order valence-electron chi connectivity index (χ4n) is 10.4. The van der Waals surface area contributed by atoms with Gasteiger partial charge >= 0.3 is 5.97 Å². The number of methoxy groups -OCH3 is 3. The number of halogens is 1. The second-order valence-electron chi connectivity index (χ2n) is 21.6. The summed E-state index contributed by atoms with van der Waals surface area (Å²) in [4.78, 5) is 69.3. The maximum Gasteiger partial charge on any atom is 0.329 e. The molecule has 2 heterocycles. The smallest absolute Gasteiger partial charge is 0.329 e. The highest BCUT2D eigenvalue weighted by Crippen LogP contribution is 2.35. The molecule has 0 radical (unpaired) electrons. The van der Waals surface area contributed by atoms with Gasteiger partial charge in [-0.1, -0.05) is 86.7 Å². The Bertz CT molecular complexity index is 1900. The van der Waals surface area contributed by atoms with E-state index in [2.05, 4.69) is 29.5 Å². The van der Waals surface area contributed by atoms with Gasteiger partial charge in [-0.25, -0.2) is 4.79 Å². The quantitative estimate of drug-likeness (QED) is 0.0111. The molecule has 2 saturated heterocycles. The highest BCUT2D eigenvalue weighted by Gasteiger charge is 2.40. The second-order valence-corrected chi connectivity index (χ2v) is 23.1. The summed E-state index contributed by atoms with van der Waals surface area (Å²) in [6.07, 6.45) is 15.4. The predicted molar refractivity (Wildman–Crippen MR) is 304 cm³/mol. The number of amides is 1. The molecule has 1 aliphatic carbocycles. The van der Waals surface area contributed by atoms with Crippen LogP contribution in [0.5, 0.6) is 0 Å². The number of piperidine rings is 1. The average molecular weight is 1220 g/mol. The number of ketones is 3. The van der Waals surface area contributed by atoms with Crippen LogP contribution >= 0.6 is 22.6 Å². The largest absolute Gasteiger partial charge is 0.460 e. The molecular weight excluding hydrogens is 1120 g/mol. The van der Waals surface area contributed by atoms with Crippen LogP contribution in [0, 0.1) is 29.6 Å². The third-order valence-electron chi connectivity index (χ3n) is 15.1. The highest BCUT2D eigenvalue weighted by molar-refractivity contribution is 14.1. The number of rotatable bonds is 38. The molecule has 1 saturated carbocycles. The van der Waals surface area contributed by atoms with E-state index in [-0.39, 0.29) is 93.1 Å². The summed E-state index contributed by atoms with van der Waals surface area (Å²) >= 11 is 2.10. The number of alkyl halides is 1. The highest BCUT2D eigenvalue weighted by atomic mass is 127. The van der Waals surface area contributed by atoms with Gasteiger partial charge < -0.3 is 62.9 Å². The zero-order valence-electron chi connectivity index (χ0n) is 48.2. The topological polar surface area (TPSA) is 232 Å². The lowest BCUT2D eigenvalue weighted by Gasteiger charge is -2.38. The first-order valence-electron chi connectivity index (χ1n) is 28.3. The summed E-state index contributed by atoms with van der Waals surface area (Å²) in [6, 6.07) is -0.997. The second kappa shape index (κ2) is 38.8. The molecule has 19 heteroatoms. The molecule has 3 fully saturated rings. The van der Waals surface area contributed by atoms with Gasteiger partial charge in [0.25, 0.3) is 5.91 Å². The van der Waals surface area contributed by atoms with Crippen molar-refractivity contribution < 1.29 is 81.9 Å². The zero-order valence-corrected chi connectivity index (χ0v) is 50.4. The SMILES string of the molecule is COCC(=O)C(=O)N1CCCC[C@H]1C(=O)O[C@@H](CC(=O)[C@H](C)/C=C(\C)[C@@H](O)[C@@H](OC)C(=O)[C@H](I)C[C@H](C)/C=C/C=C/C=C(\C)[C@@H](CC1CC[C@@H](C)CO1)OCCOCCO)[C@H](C)C[C@@H]1CC[C@@H](OCCOCCO)[C@H](OC)C1. The Morgan fingerprint density at radius 1 is 0.821 bits per heavy atom. The number of Topliss-reactive ketones (excluding diaryl/α,β-unsaturated/α-hetero) is 3. The van der Waals surface area contributed by atoms with E-state index < -0.39 is 58.5 Å². The minimum Gasteiger partial charge on any atom is -0.460 e. The third kappa shape index (κ3) is 24.7. The molecule has 1 amide bonds. The molecule has 3 rings (SSSR count). The minimum absolute atomic E-state index is 0.0128. The summed E-state index contributed by atoms with van der Waals surface area (Å²) < 4.78 is 51.3. The first-order valence-corrected chi connectivity index (χ1v) is 29.5. The van der Waals surface area contributed by atoms with Crippen molar-refractivity contribution in [2.24, 2.45) is 29.6 Å². The first-order chi connectivity index (χ1) is 37.4. The number of allylic oxidation sites excluding steroid dienone is 6. The Labute approximate surface area is 478 Å². The Morgan fingerprint density at radius 2 is 1.54 bits per heavy atom. The summed E-state index contributed by atoms with van der Waals surface area (Å²) in [5.41, 5.74) is 1.44. The summed E-state index contributed by atoms with van der Waals surface area (Å²) in [5, 5.41) is 29.6. The first kappa shape index (κ1) is 69.5. The number of hydrogen-bond donors (Lipinski definition) is 3. The Kier molecular flexibility index (Phi) is 34.6. The molecule has 0 aromatic rings. The lowest BCUT2D eigenvalue weighted by molar-refractivity contribution is -0.166. The van der Waals surface area contributed by atoms with Crippen LogP contribution in [0.15, 0.2) is 47.6 Å². The van der Waals surface area contributed by atoms with Crippen molar-refractivity contribution in [3.05, 3.63) is 47.6 Å². The molecule has 3 aliphatic rings. The number of carbonyl (C=O) groups excluding carboxylic acids is 5. The van der Waals surface area contributed by atoms with Gasteiger partial charge in [-0.05, 0) is 113 Å². The van der Waals surface area contributed by atoms with Crippen LogP contribution in [0.25, 0.3) is 0 Å². The fourth-order valence-corrected chi connectivity index (χ4v) is 11.6. The van der Waals surface area contributed by atoms with Gasteiger partial charge in [0, 0.05) is 53.2 Å². The standard InChI is InChI=1S/C59H96INO17/c1-39(15-11-10-12-16-41(3)52(76-30-28-74-26-24-63)35-46-20-18-40(2)37-77-46)31-47(60)56(67)57(72-9)55(66)44(6)32-42(4)49(64)36-53(78-59(69)48-17-13-14-22-61(48)58(68)50(65)38-70-7)43(5)33-45-19-21-51(54(34-45)71-8)75-29-27-73-25-23-62/h10-12,15-16,32,39-40,42-43,45-48,51-55,57,62-63,66H,13-14,17-31,33-38H2,1-9H3/b12-10+,15-11+,41-16+,44-32+/t39-,40-,42-,43-,45+,46?,47-,48+,51-,52-,53+,54-,55-,57-/m1/s1. The number of aliphatic hydroxyl groups excluding tert-OH is 3. The van der Waals surface area contributed by atoms with Crippen molar-refractivity contribution in [1.82, 2.24) is 4.90 Å². The van der Waals surface area contributed by atoms with Gasteiger partial charge in [-0.2, -0.15) is 0 Å². The minimum atomic E-state index is -1.34. The molecule has 78 heavy (non-hydrogen) atoms. The molecule has 3 N–H and O–H groups in total. The van der Waals surface area contributed by atoms with Gasteiger partial charge in [0.05, 0.1) is 81.2 Å². The van der Waals surface area contributed by atoms with Crippen molar-refractivity contribution in [2.45, 2.75) is 171 Å². The van der Waals surface area contributed by atoms with Crippen molar-refractivity contribution in [1.29, 1.82) is 0 Å².